The van der Waals surface area contributed by atoms with Crippen LogP contribution in [0, 0.1) is 18.7 Å². The van der Waals surface area contributed by atoms with E-state index in [0.717, 1.165) is 12.3 Å². The van der Waals surface area contributed by atoms with Gasteiger partial charge >= 0.3 is 0 Å². The first-order chi connectivity index (χ1) is 13.0. The molecule has 0 aliphatic heterocycles. The van der Waals surface area contributed by atoms with E-state index >= 15 is 0 Å². The van der Waals surface area contributed by atoms with Crippen LogP contribution in [0.1, 0.15) is 42.4 Å². The third kappa shape index (κ3) is 4.69. The number of aromatic amines is 1. The van der Waals surface area contributed by atoms with Crippen molar-refractivity contribution >= 4 is 21.4 Å². The second kappa shape index (κ2) is 7.68. The molecule has 1 aliphatic carbocycles. The lowest BCUT2D eigenvalue weighted by atomic mass is 10.1. The van der Waals surface area contributed by atoms with E-state index in [-0.39, 0.29) is 41.2 Å². The van der Waals surface area contributed by atoms with E-state index in [4.69, 9.17) is 16.3 Å². The van der Waals surface area contributed by atoms with E-state index in [1.165, 1.54) is 12.1 Å². The van der Waals surface area contributed by atoms with E-state index in [1.807, 2.05) is 0 Å². The quantitative estimate of drug-likeness (QED) is 0.725. The van der Waals surface area contributed by atoms with Crippen LogP contribution < -0.4 is 0 Å². The predicted molar refractivity (Wildman–Crippen MR) is 97.9 cm³/mol. The molecule has 0 radical (unpaired) electrons. The minimum Gasteiger partial charge on any atom is -0.365 e. The van der Waals surface area contributed by atoms with Crippen LogP contribution in [0.4, 0.5) is 13.2 Å². The number of ether oxygens (including phenoxy) is 1. The Morgan fingerprint density at radius 2 is 2.14 bits per heavy atom. The summed E-state index contributed by atoms with van der Waals surface area (Å²) in [6.45, 7) is 1.59. The minimum absolute atomic E-state index is 0.0310. The van der Waals surface area contributed by atoms with Crippen LogP contribution in [0.2, 0.25) is 5.02 Å². The number of alkyl halides is 2. The number of hydrogen-bond donors (Lipinski definition) is 1. The third-order valence-electron chi connectivity index (χ3n) is 4.71. The molecular formula is C18H20ClF3N2O3S. The first kappa shape index (κ1) is 21.1. The number of H-pyrrole nitrogens is 1. The molecule has 1 N–H and O–H groups in total. The second-order valence-electron chi connectivity index (χ2n) is 7.18. The van der Waals surface area contributed by atoms with Gasteiger partial charge in [-0.1, -0.05) is 17.7 Å². The number of imidazole rings is 1. The number of aryl methyl sites for hydroxylation is 1. The molecule has 154 valence electrons. The van der Waals surface area contributed by atoms with E-state index in [9.17, 15) is 21.6 Å². The van der Waals surface area contributed by atoms with Gasteiger partial charge in [0.1, 0.15) is 17.7 Å². The molecule has 1 aromatic heterocycles. The van der Waals surface area contributed by atoms with Crippen molar-refractivity contribution < 1.29 is 26.3 Å². The highest BCUT2D eigenvalue weighted by atomic mass is 35.5. The number of rotatable bonds is 6. The Bertz CT molecular complexity index is 978. The van der Waals surface area contributed by atoms with Gasteiger partial charge in [-0.2, -0.15) is 0 Å². The predicted octanol–water partition coefficient (Wildman–Crippen LogP) is 4.46. The van der Waals surface area contributed by atoms with Crippen LogP contribution in [0.25, 0.3) is 0 Å². The SMILES string of the molecule is Cc1[nH]c(C(OC[C@@H]2CCC(F)(F)C2)c2ccc(F)c(Cl)c2)nc1S(C)(=O)=O. The van der Waals surface area contributed by atoms with Crippen LogP contribution in [-0.2, 0) is 14.6 Å². The number of hydrogen-bond acceptors (Lipinski definition) is 4. The average molecular weight is 437 g/mol. The monoisotopic (exact) mass is 436 g/mol. The largest absolute Gasteiger partial charge is 0.365 e. The van der Waals surface area contributed by atoms with Gasteiger partial charge in [-0.15, -0.1) is 0 Å². The lowest BCUT2D eigenvalue weighted by Crippen LogP contribution is -2.16. The molecule has 5 nitrogen and oxygen atoms in total. The zero-order valence-electron chi connectivity index (χ0n) is 15.3. The van der Waals surface area contributed by atoms with Crippen LogP contribution in [0.15, 0.2) is 23.2 Å². The van der Waals surface area contributed by atoms with Crippen LogP contribution >= 0.6 is 11.6 Å². The Morgan fingerprint density at radius 1 is 1.43 bits per heavy atom. The number of nitrogens with one attached hydrogen (secondary N) is 1. The molecule has 0 saturated heterocycles. The summed E-state index contributed by atoms with van der Waals surface area (Å²) in [4.78, 5) is 7.01. The maximum Gasteiger partial charge on any atom is 0.248 e. The summed E-state index contributed by atoms with van der Waals surface area (Å²) >= 11 is 5.86. The van der Waals surface area contributed by atoms with Gasteiger partial charge in [0.25, 0.3) is 0 Å². The number of nitrogens with zero attached hydrogens (tertiary/aromatic N) is 1. The summed E-state index contributed by atoms with van der Waals surface area (Å²) in [6, 6.07) is 3.95. The number of sulfone groups is 1. The molecule has 1 unspecified atom stereocenters. The molecule has 2 aromatic rings. The summed E-state index contributed by atoms with van der Waals surface area (Å²) in [5.41, 5.74) is 0.761. The Labute approximate surface area is 166 Å². The van der Waals surface area contributed by atoms with Crippen molar-refractivity contribution in [1.82, 2.24) is 9.97 Å². The summed E-state index contributed by atoms with van der Waals surface area (Å²) in [7, 11) is -3.57. The standard InChI is InChI=1S/C18H20ClF3N2O3S/c1-10-17(28(2,25)26)24-16(23-10)15(12-3-4-14(20)13(19)7-12)27-9-11-5-6-18(21,22)8-11/h3-4,7,11,15H,5-6,8-9H2,1-2H3,(H,23,24)/t11-,15?/m1/s1. The van der Waals surface area contributed by atoms with Gasteiger partial charge in [0.05, 0.1) is 17.3 Å². The molecule has 0 spiro atoms. The fraction of sp³-hybridized carbons (Fsp3) is 0.500. The third-order valence-corrected chi connectivity index (χ3v) is 6.10. The highest BCUT2D eigenvalue weighted by molar-refractivity contribution is 7.90. The van der Waals surface area contributed by atoms with Gasteiger partial charge in [-0.05, 0) is 37.0 Å². The normalized spacial score (nSPS) is 20.4. The van der Waals surface area contributed by atoms with Crippen molar-refractivity contribution in [3.8, 4) is 0 Å². The van der Waals surface area contributed by atoms with Gasteiger partial charge in [-0.25, -0.2) is 26.6 Å². The molecule has 28 heavy (non-hydrogen) atoms. The molecule has 0 bridgehead atoms. The van der Waals surface area contributed by atoms with E-state index in [2.05, 4.69) is 9.97 Å². The number of aromatic nitrogens is 2. The fourth-order valence-corrected chi connectivity index (χ4v) is 4.44. The van der Waals surface area contributed by atoms with Gasteiger partial charge in [0.15, 0.2) is 14.9 Å². The Morgan fingerprint density at radius 3 is 2.68 bits per heavy atom. The molecule has 1 aromatic carbocycles. The smallest absolute Gasteiger partial charge is 0.248 e. The lowest BCUT2D eigenvalue weighted by Gasteiger charge is -2.19. The van der Waals surface area contributed by atoms with Gasteiger partial charge in [0.2, 0.25) is 5.92 Å². The number of halogens is 4. The summed E-state index contributed by atoms with van der Waals surface area (Å²) < 4.78 is 70.1. The summed E-state index contributed by atoms with van der Waals surface area (Å²) in [5.74, 6) is -3.47. The van der Waals surface area contributed by atoms with Crippen molar-refractivity contribution in [2.75, 3.05) is 12.9 Å². The molecule has 1 saturated carbocycles. The van der Waals surface area contributed by atoms with Gasteiger partial charge < -0.3 is 9.72 Å². The lowest BCUT2D eigenvalue weighted by molar-refractivity contribution is -0.00685. The molecule has 1 heterocycles. The van der Waals surface area contributed by atoms with Crippen LogP contribution in [0.3, 0.4) is 0 Å². The first-order valence-corrected chi connectivity index (χ1v) is 10.9. The van der Waals surface area contributed by atoms with Crippen molar-refractivity contribution in [2.45, 2.75) is 43.2 Å². The Kier molecular flexibility index (Phi) is 5.80. The van der Waals surface area contributed by atoms with Crippen LogP contribution in [-0.4, -0.2) is 37.2 Å². The Balaban J connectivity index is 1.92. The van der Waals surface area contributed by atoms with Crippen molar-refractivity contribution in [1.29, 1.82) is 0 Å². The minimum atomic E-state index is -3.57. The number of benzene rings is 1. The second-order valence-corrected chi connectivity index (χ2v) is 9.51. The van der Waals surface area contributed by atoms with Crippen molar-refractivity contribution in [3.05, 3.63) is 46.1 Å². The maximum absolute atomic E-state index is 13.5. The summed E-state index contributed by atoms with van der Waals surface area (Å²) in [5, 5.41) is -0.262. The molecule has 3 rings (SSSR count). The molecule has 0 amide bonds. The zero-order chi connectivity index (χ0) is 20.7. The highest BCUT2D eigenvalue weighted by Gasteiger charge is 2.40. The molecule has 10 heteroatoms. The van der Waals surface area contributed by atoms with Gasteiger partial charge in [0, 0.05) is 19.1 Å². The maximum atomic E-state index is 13.5. The molecule has 1 fully saturated rings. The fourth-order valence-electron chi connectivity index (χ4n) is 3.38. The summed E-state index contributed by atoms with van der Waals surface area (Å²) in [6.07, 6.45) is 0.00407. The Hall–Kier alpha value is -1.58. The molecule has 1 aliphatic rings. The topological polar surface area (TPSA) is 72.0 Å². The molecule has 2 atom stereocenters. The van der Waals surface area contributed by atoms with Crippen molar-refractivity contribution in [3.63, 3.8) is 0 Å². The van der Waals surface area contributed by atoms with Gasteiger partial charge in [-0.3, -0.25) is 0 Å². The van der Waals surface area contributed by atoms with E-state index in [1.54, 1.807) is 6.92 Å². The zero-order valence-corrected chi connectivity index (χ0v) is 16.9. The highest BCUT2D eigenvalue weighted by Crippen LogP contribution is 2.40. The van der Waals surface area contributed by atoms with Crippen molar-refractivity contribution in [2.24, 2.45) is 5.92 Å². The van der Waals surface area contributed by atoms with E-state index in [0.29, 0.717) is 17.7 Å². The first-order valence-electron chi connectivity index (χ1n) is 8.67. The molecular weight excluding hydrogens is 417 g/mol. The average Bonchev–Trinajstić information content (AvgIpc) is 3.13. The van der Waals surface area contributed by atoms with Crippen LogP contribution in [0.5, 0.6) is 0 Å². The van der Waals surface area contributed by atoms with E-state index < -0.39 is 27.7 Å².